The number of hydrogen-bond acceptors (Lipinski definition) is 4. The number of hydrogen-bond donors (Lipinski definition) is 3. The molecule has 176 valence electrons. The van der Waals surface area contributed by atoms with Gasteiger partial charge in [-0.15, -0.1) is 0 Å². The fourth-order valence-corrected chi connectivity index (χ4v) is 4.57. The summed E-state index contributed by atoms with van der Waals surface area (Å²) in [4.78, 5) is 20.8. The molecular formula is C27H26N6O2. The first-order valence-electron chi connectivity index (χ1n) is 11.4. The Bertz CT molecular complexity index is 1550. The number of benzene rings is 3. The van der Waals surface area contributed by atoms with Gasteiger partial charge in [-0.2, -0.15) is 0 Å². The van der Waals surface area contributed by atoms with Crippen LogP contribution in [0.4, 0.5) is 0 Å². The molecule has 0 aliphatic rings. The van der Waals surface area contributed by atoms with E-state index in [0.717, 1.165) is 39.0 Å². The number of rotatable bonds is 8. The highest BCUT2D eigenvalue weighted by atomic mass is 16.4. The number of aromatic nitrogens is 4. The number of aryl methyl sites for hydroxylation is 1. The molecule has 0 aliphatic carbocycles. The highest BCUT2D eigenvalue weighted by molar-refractivity contribution is 5.94. The van der Waals surface area contributed by atoms with Gasteiger partial charge >= 0.3 is 5.97 Å². The lowest BCUT2D eigenvalue weighted by atomic mass is 10.0. The van der Waals surface area contributed by atoms with Crippen LogP contribution in [0.5, 0.6) is 0 Å². The van der Waals surface area contributed by atoms with Crippen molar-refractivity contribution >= 4 is 33.9 Å². The van der Waals surface area contributed by atoms with Crippen LogP contribution in [-0.4, -0.2) is 36.0 Å². The first-order valence-corrected chi connectivity index (χ1v) is 11.4. The fourth-order valence-electron chi connectivity index (χ4n) is 4.57. The Morgan fingerprint density at radius 3 is 2.57 bits per heavy atom. The lowest BCUT2D eigenvalue weighted by molar-refractivity contribution is -0.137. The van der Waals surface area contributed by atoms with Crippen LogP contribution in [-0.2, 0) is 18.3 Å². The minimum atomic E-state index is -0.823. The van der Waals surface area contributed by atoms with Crippen molar-refractivity contribution in [2.45, 2.75) is 25.3 Å². The Labute approximate surface area is 202 Å². The summed E-state index contributed by atoms with van der Waals surface area (Å²) in [6.45, 7) is 0. The summed E-state index contributed by atoms with van der Waals surface area (Å²) in [5.41, 5.74) is 12.1. The van der Waals surface area contributed by atoms with Gasteiger partial charge < -0.3 is 20.0 Å². The summed E-state index contributed by atoms with van der Waals surface area (Å²) in [7, 11) is 2.00. The van der Waals surface area contributed by atoms with Gasteiger partial charge in [0.2, 0.25) is 0 Å². The highest BCUT2D eigenvalue weighted by Crippen LogP contribution is 2.30. The van der Waals surface area contributed by atoms with Crippen molar-refractivity contribution < 1.29 is 9.90 Å². The van der Waals surface area contributed by atoms with Crippen LogP contribution in [0.1, 0.15) is 41.4 Å². The number of amidine groups is 1. The molecule has 0 bridgehead atoms. The van der Waals surface area contributed by atoms with Gasteiger partial charge in [0.05, 0.1) is 34.4 Å². The third kappa shape index (κ3) is 4.38. The van der Waals surface area contributed by atoms with Crippen molar-refractivity contribution in [3.8, 4) is 0 Å². The topological polar surface area (TPSA) is 123 Å². The zero-order chi connectivity index (χ0) is 24.5. The molecule has 2 aromatic heterocycles. The molecule has 0 fully saturated rings. The maximum absolute atomic E-state index is 11.4. The van der Waals surface area contributed by atoms with E-state index < -0.39 is 5.97 Å². The van der Waals surface area contributed by atoms with Crippen molar-refractivity contribution in [3.05, 3.63) is 95.6 Å². The maximum atomic E-state index is 11.4. The molecule has 35 heavy (non-hydrogen) atoms. The standard InChI is InChI=1S/C27H26N6O2/c1-32-23-11-10-19(15-21(23)31-25(32)14-17-6-8-18(9-7-17)27(28)29)22(12-13-26(34)35)33-16-30-20-4-2-3-5-24(20)33/h2-11,15-16,22H,12-14H2,1H3,(H3,28,29)(H,34,35). The van der Waals surface area contributed by atoms with Crippen molar-refractivity contribution in [3.63, 3.8) is 0 Å². The molecule has 8 nitrogen and oxygen atoms in total. The number of aliphatic carboxylic acids is 1. The molecule has 0 radical (unpaired) electrons. The Hall–Kier alpha value is -4.46. The molecule has 0 aliphatic heterocycles. The molecule has 0 saturated carbocycles. The normalized spacial score (nSPS) is 12.3. The lowest BCUT2D eigenvalue weighted by Crippen LogP contribution is -2.12. The third-order valence-electron chi connectivity index (χ3n) is 6.46. The Kier molecular flexibility index (Phi) is 5.78. The van der Waals surface area contributed by atoms with E-state index in [0.29, 0.717) is 18.4 Å². The third-order valence-corrected chi connectivity index (χ3v) is 6.46. The van der Waals surface area contributed by atoms with Gasteiger partial charge in [0.15, 0.2) is 0 Å². The number of nitrogens with two attached hydrogens (primary N) is 1. The van der Waals surface area contributed by atoms with E-state index >= 15 is 0 Å². The predicted molar refractivity (Wildman–Crippen MR) is 136 cm³/mol. The zero-order valence-corrected chi connectivity index (χ0v) is 19.3. The van der Waals surface area contributed by atoms with E-state index in [2.05, 4.69) is 26.3 Å². The van der Waals surface area contributed by atoms with Gasteiger partial charge in [-0.25, -0.2) is 9.97 Å². The van der Waals surface area contributed by atoms with Crippen molar-refractivity contribution in [1.29, 1.82) is 5.41 Å². The lowest BCUT2D eigenvalue weighted by Gasteiger charge is -2.19. The summed E-state index contributed by atoms with van der Waals surface area (Å²) < 4.78 is 4.14. The second-order valence-electron chi connectivity index (χ2n) is 8.71. The van der Waals surface area contributed by atoms with Crippen LogP contribution in [0.15, 0.2) is 73.1 Å². The number of para-hydroxylation sites is 2. The van der Waals surface area contributed by atoms with Crippen LogP contribution in [0.2, 0.25) is 0 Å². The van der Waals surface area contributed by atoms with Crippen LogP contribution in [0.3, 0.4) is 0 Å². The van der Waals surface area contributed by atoms with E-state index in [1.54, 1.807) is 6.33 Å². The summed E-state index contributed by atoms with van der Waals surface area (Å²) in [6, 6.07) is 21.5. The Morgan fingerprint density at radius 2 is 1.83 bits per heavy atom. The number of carboxylic acid groups (broad SMARTS) is 1. The zero-order valence-electron chi connectivity index (χ0n) is 19.3. The molecule has 5 aromatic rings. The monoisotopic (exact) mass is 466 g/mol. The number of nitrogens with zero attached hydrogens (tertiary/aromatic N) is 4. The van der Waals surface area contributed by atoms with Crippen LogP contribution < -0.4 is 5.73 Å². The Balaban J connectivity index is 1.51. The van der Waals surface area contributed by atoms with Crippen molar-refractivity contribution in [2.75, 3.05) is 0 Å². The molecule has 1 atom stereocenters. The molecule has 3 aromatic carbocycles. The molecule has 0 saturated heterocycles. The maximum Gasteiger partial charge on any atom is 0.303 e. The largest absolute Gasteiger partial charge is 0.481 e. The molecule has 5 rings (SSSR count). The fraction of sp³-hybridized carbons (Fsp3) is 0.185. The molecule has 1 unspecified atom stereocenters. The number of nitrogens with one attached hydrogen (secondary N) is 1. The van der Waals surface area contributed by atoms with Gasteiger partial charge in [-0.3, -0.25) is 10.2 Å². The quantitative estimate of drug-likeness (QED) is 0.233. The van der Waals surface area contributed by atoms with Crippen molar-refractivity contribution in [1.82, 2.24) is 19.1 Å². The number of carboxylic acids is 1. The highest BCUT2D eigenvalue weighted by Gasteiger charge is 2.19. The number of nitrogen functional groups attached to an aromatic ring is 1. The second kappa shape index (κ2) is 9.06. The first-order chi connectivity index (χ1) is 16.9. The van der Waals surface area contributed by atoms with Crippen LogP contribution in [0, 0.1) is 5.41 Å². The molecule has 8 heteroatoms. The van der Waals surface area contributed by atoms with E-state index in [1.165, 1.54) is 0 Å². The number of imidazole rings is 2. The van der Waals surface area contributed by atoms with Crippen molar-refractivity contribution in [2.24, 2.45) is 12.8 Å². The summed E-state index contributed by atoms with van der Waals surface area (Å²) >= 11 is 0. The minimum Gasteiger partial charge on any atom is -0.481 e. The first kappa shape index (κ1) is 22.3. The average molecular weight is 467 g/mol. The summed E-state index contributed by atoms with van der Waals surface area (Å²) in [5, 5.41) is 16.9. The van der Waals surface area contributed by atoms with Gasteiger partial charge in [-0.1, -0.05) is 42.5 Å². The van der Waals surface area contributed by atoms with Gasteiger partial charge in [0.1, 0.15) is 11.7 Å². The van der Waals surface area contributed by atoms with E-state index in [-0.39, 0.29) is 18.3 Å². The minimum absolute atomic E-state index is 0.0509. The summed E-state index contributed by atoms with van der Waals surface area (Å²) in [6.07, 6.45) is 2.94. The van der Waals surface area contributed by atoms with Gasteiger partial charge in [-0.05, 0) is 41.8 Å². The van der Waals surface area contributed by atoms with Gasteiger partial charge in [0, 0.05) is 25.5 Å². The number of carbonyl (C=O) groups is 1. The molecule has 0 spiro atoms. The second-order valence-corrected chi connectivity index (χ2v) is 8.71. The van der Waals surface area contributed by atoms with E-state index in [1.807, 2.05) is 61.6 Å². The Morgan fingerprint density at radius 1 is 1.06 bits per heavy atom. The SMILES string of the molecule is Cn1c(Cc2ccc(C(=N)N)cc2)nc2cc(C(CCC(=O)O)n3cnc4ccccc43)ccc21. The van der Waals surface area contributed by atoms with E-state index in [4.69, 9.17) is 16.1 Å². The van der Waals surface area contributed by atoms with E-state index in [9.17, 15) is 9.90 Å². The molecule has 4 N–H and O–H groups in total. The molecular weight excluding hydrogens is 440 g/mol. The van der Waals surface area contributed by atoms with Gasteiger partial charge in [0.25, 0.3) is 0 Å². The molecule has 2 heterocycles. The van der Waals surface area contributed by atoms with Crippen LogP contribution >= 0.6 is 0 Å². The number of fused-ring (bicyclic) bond motifs is 2. The summed E-state index contributed by atoms with van der Waals surface area (Å²) in [5.74, 6) is 0.147. The average Bonchev–Trinajstić information content (AvgIpc) is 3.40. The smallest absolute Gasteiger partial charge is 0.303 e. The molecule has 0 amide bonds. The predicted octanol–water partition coefficient (Wildman–Crippen LogP) is 4.25. The van der Waals surface area contributed by atoms with Crippen LogP contribution in [0.25, 0.3) is 22.1 Å².